The van der Waals surface area contributed by atoms with Crippen molar-refractivity contribution in [2.45, 2.75) is 11.5 Å². The number of halogens is 2. The topological polar surface area (TPSA) is 55.4 Å². The molecule has 0 amide bonds. The van der Waals surface area contributed by atoms with Gasteiger partial charge in [-0.2, -0.15) is 0 Å². The fourth-order valence-electron chi connectivity index (χ4n) is 1.79. The zero-order valence-electron chi connectivity index (χ0n) is 11.1. The van der Waals surface area contributed by atoms with Gasteiger partial charge in [-0.05, 0) is 35.9 Å². The predicted molar refractivity (Wildman–Crippen MR) is 82.1 cm³/mol. The molecule has 0 aliphatic carbocycles. The average molecular weight is 374 g/mol. The van der Waals surface area contributed by atoms with E-state index >= 15 is 0 Å². The second kappa shape index (κ2) is 6.55. The van der Waals surface area contributed by atoms with Crippen LogP contribution in [-0.2, 0) is 21.4 Å². The molecule has 2 rings (SSSR count). The minimum Gasteiger partial charge on any atom is -0.380 e. The van der Waals surface area contributed by atoms with Crippen molar-refractivity contribution in [1.82, 2.24) is 0 Å². The van der Waals surface area contributed by atoms with Gasteiger partial charge in [0.1, 0.15) is 10.7 Å². The summed E-state index contributed by atoms with van der Waals surface area (Å²) in [6.45, 7) is 0.363. The largest absolute Gasteiger partial charge is 0.380 e. The maximum absolute atomic E-state index is 13.8. The molecule has 0 aromatic heterocycles. The first-order chi connectivity index (χ1) is 9.92. The van der Waals surface area contributed by atoms with Crippen LogP contribution < -0.4 is 4.72 Å². The first-order valence-electron chi connectivity index (χ1n) is 5.98. The Labute approximate surface area is 131 Å². The Kier molecular flexibility index (Phi) is 4.97. The van der Waals surface area contributed by atoms with E-state index < -0.39 is 20.7 Å². The fraction of sp³-hybridized carbons (Fsp3) is 0.143. The van der Waals surface area contributed by atoms with Crippen molar-refractivity contribution < 1.29 is 17.5 Å². The summed E-state index contributed by atoms with van der Waals surface area (Å²) in [5.74, 6) is -0.815. The lowest BCUT2D eigenvalue weighted by Gasteiger charge is -2.10. The second-order valence-electron chi connectivity index (χ2n) is 4.31. The molecule has 7 heteroatoms. The Morgan fingerprint density at radius 2 is 2.00 bits per heavy atom. The van der Waals surface area contributed by atoms with E-state index in [0.29, 0.717) is 16.8 Å². The van der Waals surface area contributed by atoms with Crippen LogP contribution in [0.25, 0.3) is 0 Å². The molecule has 2 aromatic rings. The number of rotatable bonds is 5. The molecular weight excluding hydrogens is 361 g/mol. The standard InChI is InChI=1S/C14H13BrFNO3S/c1-20-9-10-3-2-4-12(7-10)17-21(18,19)14-6-5-11(15)8-13(14)16/h2-8,17H,9H2,1H3. The van der Waals surface area contributed by atoms with Crippen molar-refractivity contribution >= 4 is 31.6 Å². The number of benzene rings is 2. The highest BCUT2D eigenvalue weighted by Gasteiger charge is 2.19. The Bertz CT molecular complexity index is 750. The maximum atomic E-state index is 13.8. The maximum Gasteiger partial charge on any atom is 0.264 e. The lowest BCUT2D eigenvalue weighted by atomic mass is 10.2. The molecule has 0 saturated heterocycles. The second-order valence-corrected chi connectivity index (χ2v) is 6.88. The van der Waals surface area contributed by atoms with Gasteiger partial charge < -0.3 is 4.74 Å². The lowest BCUT2D eigenvalue weighted by molar-refractivity contribution is 0.185. The molecule has 112 valence electrons. The summed E-state index contributed by atoms with van der Waals surface area (Å²) in [6, 6.07) is 10.5. The van der Waals surface area contributed by atoms with Crippen LogP contribution in [0, 0.1) is 5.82 Å². The molecule has 1 N–H and O–H groups in total. The number of anilines is 1. The number of hydrogen-bond donors (Lipinski definition) is 1. The Morgan fingerprint density at radius 3 is 2.67 bits per heavy atom. The van der Waals surface area contributed by atoms with Crippen molar-refractivity contribution in [3.8, 4) is 0 Å². The van der Waals surface area contributed by atoms with Gasteiger partial charge in [-0.25, -0.2) is 12.8 Å². The zero-order valence-corrected chi connectivity index (χ0v) is 13.5. The number of hydrogen-bond acceptors (Lipinski definition) is 3. The molecule has 21 heavy (non-hydrogen) atoms. The lowest BCUT2D eigenvalue weighted by Crippen LogP contribution is -2.14. The van der Waals surface area contributed by atoms with Crippen LogP contribution in [0.2, 0.25) is 0 Å². The molecule has 0 aliphatic heterocycles. The highest BCUT2D eigenvalue weighted by Crippen LogP contribution is 2.22. The molecule has 0 atom stereocenters. The molecule has 4 nitrogen and oxygen atoms in total. The van der Waals surface area contributed by atoms with E-state index in [1.165, 1.54) is 12.1 Å². The van der Waals surface area contributed by atoms with Crippen molar-refractivity contribution in [2.75, 3.05) is 11.8 Å². The van der Waals surface area contributed by atoms with E-state index in [4.69, 9.17) is 4.74 Å². The first kappa shape index (κ1) is 15.9. The average Bonchev–Trinajstić information content (AvgIpc) is 2.38. The third-order valence-corrected chi connectivity index (χ3v) is 4.58. The first-order valence-corrected chi connectivity index (χ1v) is 8.26. The van der Waals surface area contributed by atoms with Crippen LogP contribution in [0.1, 0.15) is 5.56 Å². The Hall–Kier alpha value is -1.44. The van der Waals surface area contributed by atoms with Crippen molar-refractivity contribution in [2.24, 2.45) is 0 Å². The molecule has 0 aliphatic rings. The molecule has 0 heterocycles. The summed E-state index contributed by atoms with van der Waals surface area (Å²) in [4.78, 5) is -0.400. The molecule has 0 saturated carbocycles. The Morgan fingerprint density at radius 1 is 1.24 bits per heavy atom. The summed E-state index contributed by atoms with van der Waals surface area (Å²) in [7, 11) is -2.43. The van der Waals surface area contributed by atoms with Crippen molar-refractivity contribution in [1.29, 1.82) is 0 Å². The molecular formula is C14H13BrFNO3S. The quantitative estimate of drug-likeness (QED) is 0.871. The summed E-state index contributed by atoms with van der Waals surface area (Å²) in [5.41, 5.74) is 1.17. The van der Waals surface area contributed by atoms with Crippen LogP contribution >= 0.6 is 15.9 Å². The molecule has 0 spiro atoms. The number of ether oxygens (including phenoxy) is 1. The highest BCUT2D eigenvalue weighted by molar-refractivity contribution is 9.10. The van der Waals surface area contributed by atoms with Crippen molar-refractivity contribution in [3.63, 3.8) is 0 Å². The van der Waals surface area contributed by atoms with Gasteiger partial charge in [0.15, 0.2) is 0 Å². The van der Waals surface area contributed by atoms with Gasteiger partial charge in [-0.15, -0.1) is 0 Å². The van der Waals surface area contributed by atoms with Crippen LogP contribution in [0.15, 0.2) is 51.8 Å². The van der Waals surface area contributed by atoms with Crippen LogP contribution in [0.5, 0.6) is 0 Å². The summed E-state index contributed by atoms with van der Waals surface area (Å²) < 4.78 is 46.0. The summed E-state index contributed by atoms with van der Waals surface area (Å²) >= 11 is 3.09. The molecule has 0 unspecified atom stereocenters. The summed E-state index contributed by atoms with van der Waals surface area (Å²) in [6.07, 6.45) is 0. The predicted octanol–water partition coefficient (Wildman–Crippen LogP) is 3.54. The van der Waals surface area contributed by atoms with Gasteiger partial charge in [0.2, 0.25) is 0 Å². The van der Waals surface area contributed by atoms with Gasteiger partial charge in [0, 0.05) is 17.3 Å². The minimum atomic E-state index is -3.98. The molecule has 2 aromatic carbocycles. The van der Waals surface area contributed by atoms with Crippen LogP contribution in [0.3, 0.4) is 0 Å². The van der Waals surface area contributed by atoms with Gasteiger partial charge in [0.05, 0.1) is 6.61 Å². The van der Waals surface area contributed by atoms with E-state index in [1.807, 2.05) is 6.07 Å². The van der Waals surface area contributed by atoms with E-state index in [0.717, 1.165) is 11.6 Å². The summed E-state index contributed by atoms with van der Waals surface area (Å²) in [5, 5.41) is 0. The van der Waals surface area contributed by atoms with Crippen LogP contribution in [0.4, 0.5) is 10.1 Å². The smallest absolute Gasteiger partial charge is 0.264 e. The Balaban J connectivity index is 2.31. The normalized spacial score (nSPS) is 11.4. The van der Waals surface area contributed by atoms with Gasteiger partial charge in [-0.3, -0.25) is 4.72 Å². The fourth-order valence-corrected chi connectivity index (χ4v) is 3.24. The number of nitrogens with one attached hydrogen (secondary N) is 1. The van der Waals surface area contributed by atoms with E-state index in [2.05, 4.69) is 20.7 Å². The molecule has 0 fully saturated rings. The minimum absolute atomic E-state index is 0.354. The van der Waals surface area contributed by atoms with E-state index in [-0.39, 0.29) is 0 Å². The van der Waals surface area contributed by atoms with E-state index in [1.54, 1.807) is 25.3 Å². The van der Waals surface area contributed by atoms with Crippen LogP contribution in [-0.4, -0.2) is 15.5 Å². The SMILES string of the molecule is COCc1cccc(NS(=O)(=O)c2ccc(Br)cc2F)c1. The molecule has 0 radical (unpaired) electrons. The highest BCUT2D eigenvalue weighted by atomic mass is 79.9. The third kappa shape index (κ3) is 4.03. The van der Waals surface area contributed by atoms with Gasteiger partial charge in [0.25, 0.3) is 10.0 Å². The van der Waals surface area contributed by atoms with E-state index in [9.17, 15) is 12.8 Å². The van der Waals surface area contributed by atoms with Gasteiger partial charge >= 0.3 is 0 Å². The zero-order chi connectivity index (χ0) is 15.5. The van der Waals surface area contributed by atoms with Crippen molar-refractivity contribution in [3.05, 3.63) is 58.3 Å². The third-order valence-electron chi connectivity index (χ3n) is 2.67. The van der Waals surface area contributed by atoms with Gasteiger partial charge in [-0.1, -0.05) is 28.1 Å². The number of methoxy groups -OCH3 is 1. The number of sulfonamides is 1. The molecule has 0 bridgehead atoms. The monoisotopic (exact) mass is 373 g/mol.